The second-order valence-corrected chi connectivity index (χ2v) is 7.20. The van der Waals surface area contributed by atoms with Crippen LogP contribution < -0.4 is 15.5 Å². The van der Waals surface area contributed by atoms with E-state index in [0.29, 0.717) is 23.7 Å². The van der Waals surface area contributed by atoms with Crippen molar-refractivity contribution in [2.45, 2.75) is 26.7 Å². The van der Waals surface area contributed by atoms with Crippen molar-refractivity contribution in [1.82, 2.24) is 15.3 Å². The molecule has 2 heterocycles. The summed E-state index contributed by atoms with van der Waals surface area (Å²) in [6.45, 7) is 5.68. The number of rotatable bonds is 4. The molecule has 0 spiro atoms. The van der Waals surface area contributed by atoms with E-state index in [-0.39, 0.29) is 5.92 Å². The van der Waals surface area contributed by atoms with Gasteiger partial charge in [0.15, 0.2) is 11.5 Å². The SMILES string of the molecule is Cc1cccc(C)c1NC(=O)C(=O)NCC1CCN(c2nccnc2C#N)CC1. The minimum absolute atomic E-state index is 0.269. The minimum Gasteiger partial charge on any atom is -0.354 e. The molecule has 8 heteroatoms. The summed E-state index contributed by atoms with van der Waals surface area (Å²) in [6, 6.07) is 7.76. The van der Waals surface area contributed by atoms with Gasteiger partial charge in [0.05, 0.1) is 0 Å². The molecule has 2 amide bonds. The lowest BCUT2D eigenvalue weighted by Gasteiger charge is -2.32. The molecule has 1 fully saturated rings. The number of piperidine rings is 1. The van der Waals surface area contributed by atoms with Crippen LogP contribution in [0.25, 0.3) is 0 Å². The lowest BCUT2D eigenvalue weighted by molar-refractivity contribution is -0.136. The second-order valence-electron chi connectivity index (χ2n) is 7.20. The van der Waals surface area contributed by atoms with Gasteiger partial charge >= 0.3 is 11.8 Å². The molecule has 29 heavy (non-hydrogen) atoms. The van der Waals surface area contributed by atoms with Crippen LogP contribution in [0, 0.1) is 31.1 Å². The topological polar surface area (TPSA) is 111 Å². The average Bonchev–Trinajstić information content (AvgIpc) is 2.75. The maximum absolute atomic E-state index is 12.2. The number of carbonyl (C=O) groups is 2. The zero-order valence-corrected chi connectivity index (χ0v) is 16.6. The van der Waals surface area contributed by atoms with Gasteiger partial charge in [-0.3, -0.25) is 9.59 Å². The molecule has 3 rings (SSSR count). The van der Waals surface area contributed by atoms with Gasteiger partial charge in [0, 0.05) is 37.7 Å². The summed E-state index contributed by atoms with van der Waals surface area (Å²) in [5, 5.41) is 14.6. The summed E-state index contributed by atoms with van der Waals surface area (Å²) in [5.41, 5.74) is 2.83. The van der Waals surface area contributed by atoms with Gasteiger partial charge in [0.2, 0.25) is 0 Å². The standard InChI is InChI=1S/C21H24N6O2/c1-14-4-3-5-15(2)18(14)26-21(29)20(28)25-13-16-6-10-27(11-7-16)19-17(12-22)23-8-9-24-19/h3-5,8-9,16H,6-7,10-11,13H2,1-2H3,(H,25,28)(H,26,29). The van der Waals surface area contributed by atoms with Gasteiger partial charge in [-0.15, -0.1) is 0 Å². The van der Waals surface area contributed by atoms with E-state index in [1.165, 1.54) is 6.20 Å². The summed E-state index contributed by atoms with van der Waals surface area (Å²) < 4.78 is 0. The number of hydrogen-bond donors (Lipinski definition) is 2. The van der Waals surface area contributed by atoms with E-state index in [4.69, 9.17) is 0 Å². The number of nitriles is 1. The summed E-state index contributed by atoms with van der Waals surface area (Å²) in [7, 11) is 0. The predicted octanol–water partition coefficient (Wildman–Crippen LogP) is 1.94. The van der Waals surface area contributed by atoms with Crippen molar-refractivity contribution in [3.8, 4) is 6.07 Å². The van der Waals surface area contributed by atoms with Crippen LogP contribution in [-0.4, -0.2) is 41.4 Å². The van der Waals surface area contributed by atoms with E-state index < -0.39 is 11.8 Å². The molecule has 2 N–H and O–H groups in total. The quantitative estimate of drug-likeness (QED) is 0.769. The number of nitrogens with one attached hydrogen (secondary N) is 2. The van der Waals surface area contributed by atoms with Gasteiger partial charge in [0.25, 0.3) is 0 Å². The Morgan fingerprint density at radius 1 is 1.14 bits per heavy atom. The normalized spacial score (nSPS) is 14.2. The number of para-hydroxylation sites is 1. The molecule has 2 aromatic rings. The number of amides is 2. The highest BCUT2D eigenvalue weighted by Gasteiger charge is 2.24. The first-order valence-corrected chi connectivity index (χ1v) is 9.61. The number of aryl methyl sites for hydroxylation is 2. The summed E-state index contributed by atoms with van der Waals surface area (Å²) in [5.74, 6) is -0.412. The largest absolute Gasteiger partial charge is 0.354 e. The third kappa shape index (κ3) is 4.88. The van der Waals surface area contributed by atoms with Crippen molar-refractivity contribution >= 4 is 23.3 Å². The van der Waals surface area contributed by atoms with E-state index in [2.05, 4.69) is 26.7 Å². The number of benzene rings is 1. The van der Waals surface area contributed by atoms with Crippen LogP contribution in [-0.2, 0) is 9.59 Å². The lowest BCUT2D eigenvalue weighted by atomic mass is 9.96. The van der Waals surface area contributed by atoms with E-state index >= 15 is 0 Å². The Labute approximate surface area is 170 Å². The second kappa shape index (κ2) is 9.15. The minimum atomic E-state index is -0.655. The van der Waals surface area contributed by atoms with Crippen molar-refractivity contribution in [3.05, 3.63) is 47.4 Å². The zero-order chi connectivity index (χ0) is 20.8. The Bertz CT molecular complexity index is 924. The average molecular weight is 392 g/mol. The van der Waals surface area contributed by atoms with Crippen LogP contribution in [0.15, 0.2) is 30.6 Å². The molecule has 1 saturated heterocycles. The Morgan fingerprint density at radius 3 is 2.45 bits per heavy atom. The summed E-state index contributed by atoms with van der Waals surface area (Å²) in [4.78, 5) is 34.8. The van der Waals surface area contributed by atoms with Crippen molar-refractivity contribution in [3.63, 3.8) is 0 Å². The molecule has 0 unspecified atom stereocenters. The molecular weight excluding hydrogens is 368 g/mol. The van der Waals surface area contributed by atoms with Crippen LogP contribution in [0.4, 0.5) is 11.5 Å². The number of nitrogens with zero attached hydrogens (tertiary/aromatic N) is 4. The zero-order valence-electron chi connectivity index (χ0n) is 16.6. The Hall–Kier alpha value is -3.47. The van der Waals surface area contributed by atoms with Crippen molar-refractivity contribution < 1.29 is 9.59 Å². The number of anilines is 2. The number of aromatic nitrogens is 2. The van der Waals surface area contributed by atoms with Crippen LogP contribution in [0.5, 0.6) is 0 Å². The molecule has 1 aliphatic rings. The molecule has 150 valence electrons. The van der Waals surface area contributed by atoms with E-state index in [9.17, 15) is 14.9 Å². The molecule has 1 aromatic carbocycles. The Balaban J connectivity index is 1.48. The summed E-state index contributed by atoms with van der Waals surface area (Å²) >= 11 is 0. The molecule has 0 saturated carbocycles. The van der Waals surface area contributed by atoms with E-state index in [1.54, 1.807) is 6.20 Å². The molecule has 0 radical (unpaired) electrons. The van der Waals surface area contributed by atoms with E-state index in [0.717, 1.165) is 37.1 Å². The lowest BCUT2D eigenvalue weighted by Crippen LogP contribution is -2.42. The Kier molecular flexibility index (Phi) is 6.39. The van der Waals surface area contributed by atoms with Crippen molar-refractivity contribution in [1.29, 1.82) is 5.26 Å². The Morgan fingerprint density at radius 2 is 1.79 bits per heavy atom. The van der Waals surface area contributed by atoms with Gasteiger partial charge in [-0.1, -0.05) is 18.2 Å². The molecule has 8 nitrogen and oxygen atoms in total. The first kappa shape index (κ1) is 20.3. The highest BCUT2D eigenvalue weighted by atomic mass is 16.2. The fourth-order valence-electron chi connectivity index (χ4n) is 3.49. The smallest absolute Gasteiger partial charge is 0.313 e. The summed E-state index contributed by atoms with van der Waals surface area (Å²) in [6.07, 6.45) is 4.76. The highest BCUT2D eigenvalue weighted by Crippen LogP contribution is 2.23. The molecular formula is C21H24N6O2. The van der Waals surface area contributed by atoms with Crippen LogP contribution >= 0.6 is 0 Å². The fourth-order valence-corrected chi connectivity index (χ4v) is 3.49. The number of hydrogen-bond acceptors (Lipinski definition) is 6. The molecule has 0 aliphatic carbocycles. The van der Waals surface area contributed by atoms with Crippen LogP contribution in [0.2, 0.25) is 0 Å². The fraction of sp³-hybridized carbons (Fsp3) is 0.381. The number of carbonyl (C=O) groups excluding carboxylic acids is 2. The first-order chi connectivity index (χ1) is 14.0. The van der Waals surface area contributed by atoms with Crippen LogP contribution in [0.1, 0.15) is 29.7 Å². The molecule has 1 aliphatic heterocycles. The third-order valence-corrected chi connectivity index (χ3v) is 5.18. The van der Waals surface area contributed by atoms with Crippen LogP contribution in [0.3, 0.4) is 0 Å². The third-order valence-electron chi connectivity index (χ3n) is 5.18. The van der Waals surface area contributed by atoms with Gasteiger partial charge in [-0.25, -0.2) is 9.97 Å². The maximum atomic E-state index is 12.2. The highest BCUT2D eigenvalue weighted by molar-refractivity contribution is 6.39. The van der Waals surface area contributed by atoms with Gasteiger partial charge in [0.1, 0.15) is 6.07 Å². The molecule has 1 aromatic heterocycles. The van der Waals surface area contributed by atoms with Crippen molar-refractivity contribution in [2.75, 3.05) is 29.9 Å². The van der Waals surface area contributed by atoms with Crippen molar-refractivity contribution in [2.24, 2.45) is 5.92 Å². The van der Waals surface area contributed by atoms with E-state index in [1.807, 2.05) is 36.9 Å². The predicted molar refractivity (Wildman–Crippen MR) is 109 cm³/mol. The van der Waals surface area contributed by atoms with Gasteiger partial charge in [-0.2, -0.15) is 5.26 Å². The monoisotopic (exact) mass is 392 g/mol. The maximum Gasteiger partial charge on any atom is 0.313 e. The van der Waals surface area contributed by atoms with Gasteiger partial charge in [-0.05, 0) is 43.7 Å². The molecule has 0 atom stereocenters. The first-order valence-electron chi connectivity index (χ1n) is 9.61. The molecule has 0 bridgehead atoms. The van der Waals surface area contributed by atoms with Gasteiger partial charge < -0.3 is 15.5 Å².